The maximum absolute atomic E-state index is 3.42. The van der Waals surface area contributed by atoms with Crippen LogP contribution in [0.2, 0.25) is 0 Å². The number of alkyl halides is 1. The van der Waals surface area contributed by atoms with Crippen molar-refractivity contribution in [1.82, 2.24) is 0 Å². The Morgan fingerprint density at radius 1 is 1.57 bits per heavy atom. The van der Waals surface area contributed by atoms with E-state index in [1.165, 1.54) is 12.8 Å². The van der Waals surface area contributed by atoms with Crippen LogP contribution in [0.1, 0.15) is 26.7 Å². The molecule has 7 heavy (non-hydrogen) atoms. The predicted octanol–water partition coefficient (Wildman–Crippen LogP) is 2.82. The highest BCUT2D eigenvalue weighted by Gasteiger charge is 1.93. The monoisotopic (exact) mass is 164 g/mol. The average Bonchev–Trinajstić information content (AvgIpc) is 1.68. The third kappa shape index (κ3) is 4.33. The summed E-state index contributed by atoms with van der Waals surface area (Å²) in [6.07, 6.45) is 2.66. The highest BCUT2D eigenvalue weighted by molar-refractivity contribution is 9.09. The highest BCUT2D eigenvalue weighted by Crippen LogP contribution is 2.06. The van der Waals surface area contributed by atoms with Gasteiger partial charge in [-0.1, -0.05) is 42.6 Å². The zero-order valence-corrected chi connectivity index (χ0v) is 6.66. The number of hydrogen-bond donors (Lipinski definition) is 0. The lowest BCUT2D eigenvalue weighted by Gasteiger charge is -2.01. The maximum Gasteiger partial charge on any atom is 0.00570 e. The molecule has 0 aliphatic rings. The molecule has 0 saturated heterocycles. The molecule has 44 valence electrons. The van der Waals surface area contributed by atoms with E-state index in [0.29, 0.717) is 0 Å². The van der Waals surface area contributed by atoms with Crippen LogP contribution in [-0.4, -0.2) is 5.33 Å². The summed E-state index contributed by atoms with van der Waals surface area (Å²) in [7, 11) is 0. The van der Waals surface area contributed by atoms with E-state index in [2.05, 4.69) is 29.8 Å². The van der Waals surface area contributed by atoms with Gasteiger partial charge in [-0.25, -0.2) is 0 Å². The first-order valence-corrected chi connectivity index (χ1v) is 3.99. The van der Waals surface area contributed by atoms with Crippen molar-refractivity contribution in [2.24, 2.45) is 5.92 Å². The van der Waals surface area contributed by atoms with Crippen molar-refractivity contribution in [2.75, 3.05) is 5.33 Å². The molecular weight excluding hydrogens is 152 g/mol. The highest BCUT2D eigenvalue weighted by atomic mass is 79.9. The Morgan fingerprint density at radius 3 is 2.29 bits per heavy atom. The second-order valence-electron chi connectivity index (χ2n) is 2.05. The van der Waals surface area contributed by atoms with Gasteiger partial charge in [0.2, 0.25) is 0 Å². The second kappa shape index (κ2) is 4.63. The lowest BCUT2D eigenvalue weighted by atomic mass is 10.1. The molecule has 0 saturated carbocycles. The summed E-state index contributed by atoms with van der Waals surface area (Å²) in [5.41, 5.74) is 0. The summed E-state index contributed by atoms with van der Waals surface area (Å²) < 4.78 is 0. The summed E-state index contributed by atoms with van der Waals surface area (Å²) in [6, 6.07) is 0. The van der Waals surface area contributed by atoms with Crippen LogP contribution < -0.4 is 0 Å². The molecule has 0 amide bonds. The predicted molar refractivity (Wildman–Crippen MR) is 37.9 cm³/mol. The lowest BCUT2D eigenvalue weighted by molar-refractivity contribution is 0.588. The van der Waals surface area contributed by atoms with Crippen molar-refractivity contribution >= 4 is 15.9 Å². The van der Waals surface area contributed by atoms with Gasteiger partial charge in [0.1, 0.15) is 0 Å². The molecule has 0 fully saturated rings. The standard InChI is InChI=1S/C6H13Br/c1-3-4-6(2)5-7/h6H,3-5H2,1-2H3. The molecule has 0 bridgehead atoms. The fourth-order valence-electron chi connectivity index (χ4n) is 0.570. The molecule has 1 unspecified atom stereocenters. The van der Waals surface area contributed by atoms with Gasteiger partial charge in [0.05, 0.1) is 0 Å². The molecule has 0 aliphatic carbocycles. The summed E-state index contributed by atoms with van der Waals surface area (Å²) in [5.74, 6) is 0.866. The normalized spacial score (nSPS) is 14.1. The van der Waals surface area contributed by atoms with Crippen LogP contribution in [-0.2, 0) is 0 Å². The molecule has 0 spiro atoms. The molecule has 0 aromatic rings. The molecule has 0 aliphatic heterocycles. The molecule has 0 aromatic carbocycles. The molecule has 0 nitrogen and oxygen atoms in total. The first-order chi connectivity index (χ1) is 3.31. The minimum atomic E-state index is 0.866. The van der Waals surface area contributed by atoms with E-state index >= 15 is 0 Å². The third-order valence-electron chi connectivity index (χ3n) is 1.04. The van der Waals surface area contributed by atoms with E-state index in [0.717, 1.165) is 11.2 Å². The fraction of sp³-hybridized carbons (Fsp3) is 1.00. The summed E-state index contributed by atoms with van der Waals surface area (Å²) in [6.45, 7) is 4.48. The maximum atomic E-state index is 3.42. The van der Waals surface area contributed by atoms with Crippen molar-refractivity contribution in [1.29, 1.82) is 0 Å². The summed E-state index contributed by atoms with van der Waals surface area (Å²) in [5, 5.41) is 1.15. The number of hydrogen-bond acceptors (Lipinski definition) is 0. The smallest absolute Gasteiger partial charge is 0.00570 e. The fourth-order valence-corrected chi connectivity index (χ4v) is 0.894. The van der Waals surface area contributed by atoms with Gasteiger partial charge in [-0.15, -0.1) is 0 Å². The van der Waals surface area contributed by atoms with Gasteiger partial charge in [0.25, 0.3) is 0 Å². The molecule has 0 aromatic heterocycles. The molecule has 0 rings (SSSR count). The van der Waals surface area contributed by atoms with Crippen LogP contribution in [0.4, 0.5) is 0 Å². The largest absolute Gasteiger partial charge is 0.0925 e. The van der Waals surface area contributed by atoms with E-state index in [1.807, 2.05) is 0 Å². The van der Waals surface area contributed by atoms with Gasteiger partial charge in [0, 0.05) is 5.33 Å². The number of halogens is 1. The van der Waals surface area contributed by atoms with Crippen LogP contribution >= 0.6 is 15.9 Å². The quantitative estimate of drug-likeness (QED) is 0.564. The zero-order chi connectivity index (χ0) is 5.70. The molecular formula is C6H13Br. The Bertz CT molecular complexity index is 35.2. The van der Waals surface area contributed by atoms with Crippen LogP contribution in [0.5, 0.6) is 0 Å². The summed E-state index contributed by atoms with van der Waals surface area (Å²) >= 11 is 3.42. The zero-order valence-electron chi connectivity index (χ0n) is 5.08. The van der Waals surface area contributed by atoms with Crippen molar-refractivity contribution in [2.45, 2.75) is 26.7 Å². The van der Waals surface area contributed by atoms with Crippen molar-refractivity contribution in [3.63, 3.8) is 0 Å². The van der Waals surface area contributed by atoms with Crippen LogP contribution in [0.25, 0.3) is 0 Å². The van der Waals surface area contributed by atoms with Crippen molar-refractivity contribution in [3.8, 4) is 0 Å². The number of rotatable bonds is 3. The van der Waals surface area contributed by atoms with E-state index in [9.17, 15) is 0 Å². The van der Waals surface area contributed by atoms with Gasteiger partial charge in [0.15, 0.2) is 0 Å². The van der Waals surface area contributed by atoms with Crippen LogP contribution in [0.3, 0.4) is 0 Å². The Labute approximate surface area is 54.4 Å². The van der Waals surface area contributed by atoms with Gasteiger partial charge < -0.3 is 0 Å². The minimum Gasteiger partial charge on any atom is -0.0925 e. The van der Waals surface area contributed by atoms with Gasteiger partial charge in [-0.2, -0.15) is 0 Å². The average molecular weight is 165 g/mol. The third-order valence-corrected chi connectivity index (χ3v) is 2.15. The molecule has 1 atom stereocenters. The lowest BCUT2D eigenvalue weighted by Crippen LogP contribution is -1.92. The van der Waals surface area contributed by atoms with Crippen LogP contribution in [0, 0.1) is 5.92 Å². The first-order valence-electron chi connectivity index (χ1n) is 2.87. The second-order valence-corrected chi connectivity index (χ2v) is 2.70. The Balaban J connectivity index is 2.83. The van der Waals surface area contributed by atoms with Gasteiger partial charge in [-0.3, -0.25) is 0 Å². The van der Waals surface area contributed by atoms with E-state index in [-0.39, 0.29) is 0 Å². The Kier molecular flexibility index (Phi) is 4.95. The Hall–Kier alpha value is 0.480. The van der Waals surface area contributed by atoms with Gasteiger partial charge >= 0.3 is 0 Å². The summed E-state index contributed by atoms with van der Waals surface area (Å²) in [4.78, 5) is 0. The topological polar surface area (TPSA) is 0 Å². The van der Waals surface area contributed by atoms with E-state index in [4.69, 9.17) is 0 Å². The first kappa shape index (κ1) is 7.48. The van der Waals surface area contributed by atoms with E-state index < -0.39 is 0 Å². The molecule has 0 N–H and O–H groups in total. The molecule has 0 radical (unpaired) electrons. The van der Waals surface area contributed by atoms with Gasteiger partial charge in [-0.05, 0) is 5.92 Å². The molecule has 0 heterocycles. The minimum absolute atomic E-state index is 0.866. The SMILES string of the molecule is CCCC(C)CBr. The van der Waals surface area contributed by atoms with Crippen molar-refractivity contribution < 1.29 is 0 Å². The Morgan fingerprint density at radius 2 is 2.14 bits per heavy atom. The molecule has 1 heteroatoms. The van der Waals surface area contributed by atoms with E-state index in [1.54, 1.807) is 0 Å². The van der Waals surface area contributed by atoms with Crippen LogP contribution in [0.15, 0.2) is 0 Å². The van der Waals surface area contributed by atoms with Crippen molar-refractivity contribution in [3.05, 3.63) is 0 Å².